The summed E-state index contributed by atoms with van der Waals surface area (Å²) in [6, 6.07) is 6.38. The van der Waals surface area contributed by atoms with Crippen LogP contribution in [0.5, 0.6) is 0 Å². The Morgan fingerprint density at radius 1 is 1.36 bits per heavy atom. The number of carbonyl (C=O) groups is 1. The zero-order valence-corrected chi connectivity index (χ0v) is 13.6. The number of anilines is 1. The summed E-state index contributed by atoms with van der Waals surface area (Å²) in [6.45, 7) is 7.99. The van der Waals surface area contributed by atoms with Crippen LogP contribution < -0.4 is 10.6 Å². The number of nitrogens with one attached hydrogen (secondary N) is 2. The third-order valence-corrected chi connectivity index (χ3v) is 4.18. The van der Waals surface area contributed by atoms with Gasteiger partial charge in [-0.05, 0) is 50.9 Å². The lowest BCUT2D eigenvalue weighted by molar-refractivity contribution is -0.119. The molecule has 1 amide bonds. The molecule has 22 heavy (non-hydrogen) atoms. The van der Waals surface area contributed by atoms with E-state index in [4.69, 9.17) is 9.84 Å². The molecule has 1 atom stereocenters. The summed E-state index contributed by atoms with van der Waals surface area (Å²) in [4.78, 5) is 12.0. The molecule has 0 aromatic heterocycles. The van der Waals surface area contributed by atoms with Gasteiger partial charge >= 0.3 is 0 Å². The molecule has 2 rings (SSSR count). The van der Waals surface area contributed by atoms with Crippen LogP contribution in [0.2, 0.25) is 0 Å². The first-order valence-electron chi connectivity index (χ1n) is 7.84. The highest BCUT2D eigenvalue weighted by atomic mass is 16.5. The van der Waals surface area contributed by atoms with Gasteiger partial charge in [0.15, 0.2) is 0 Å². The summed E-state index contributed by atoms with van der Waals surface area (Å²) in [6.07, 6.45) is 0.904. The first kappa shape index (κ1) is 16.9. The van der Waals surface area contributed by atoms with E-state index in [1.165, 1.54) is 5.56 Å². The molecule has 0 fully saturated rings. The number of fused-ring (bicyclic) bond motifs is 1. The fraction of sp³-hybridized carbons (Fsp3) is 0.588. The van der Waals surface area contributed by atoms with E-state index in [2.05, 4.69) is 29.7 Å². The molecular formula is C17H26N2O3. The molecule has 1 aliphatic heterocycles. The van der Waals surface area contributed by atoms with Crippen molar-refractivity contribution >= 4 is 11.6 Å². The van der Waals surface area contributed by atoms with Crippen molar-refractivity contribution in [3.63, 3.8) is 0 Å². The van der Waals surface area contributed by atoms with Gasteiger partial charge in [0.1, 0.15) is 0 Å². The van der Waals surface area contributed by atoms with Gasteiger partial charge in [0.25, 0.3) is 0 Å². The van der Waals surface area contributed by atoms with Crippen molar-refractivity contribution in [2.45, 2.75) is 38.6 Å². The molecule has 0 aliphatic carbocycles. The van der Waals surface area contributed by atoms with Crippen LogP contribution >= 0.6 is 0 Å². The Morgan fingerprint density at radius 2 is 2.14 bits per heavy atom. The summed E-state index contributed by atoms with van der Waals surface area (Å²) in [5.41, 5.74) is 2.70. The molecule has 3 N–H and O–H groups in total. The van der Waals surface area contributed by atoms with E-state index in [0.29, 0.717) is 13.2 Å². The predicted octanol–water partition coefficient (Wildman–Crippen LogP) is 1.97. The lowest BCUT2D eigenvalue weighted by atomic mass is 9.85. The maximum atomic E-state index is 12.0. The van der Waals surface area contributed by atoms with Crippen molar-refractivity contribution in [2.24, 2.45) is 0 Å². The second kappa shape index (κ2) is 7.22. The van der Waals surface area contributed by atoms with Gasteiger partial charge in [0.2, 0.25) is 5.91 Å². The Hall–Kier alpha value is -1.43. The maximum absolute atomic E-state index is 12.0. The molecule has 1 aromatic rings. The van der Waals surface area contributed by atoms with Crippen LogP contribution in [0.4, 0.5) is 5.69 Å². The molecule has 1 unspecified atom stereocenters. The van der Waals surface area contributed by atoms with Crippen LogP contribution in [0.25, 0.3) is 0 Å². The fourth-order valence-electron chi connectivity index (χ4n) is 2.64. The van der Waals surface area contributed by atoms with Crippen molar-refractivity contribution in [3.05, 3.63) is 29.3 Å². The summed E-state index contributed by atoms with van der Waals surface area (Å²) in [5.74, 6) is 0.0568. The van der Waals surface area contributed by atoms with Crippen LogP contribution in [0.1, 0.15) is 44.4 Å². The standard InChI is InChI=1S/C17H26N2O3/c1-12(18-7-4-9-22-10-8-20)13-5-6-15-14(11-13)17(2,3)16(21)19-15/h5-6,11-12,18,20H,4,7-10H2,1-3H3,(H,19,21). The number of ether oxygens (including phenoxy) is 1. The number of hydrogen-bond acceptors (Lipinski definition) is 4. The summed E-state index contributed by atoms with van der Waals surface area (Å²) in [5, 5.41) is 15.0. The van der Waals surface area contributed by atoms with Crippen molar-refractivity contribution in [1.29, 1.82) is 0 Å². The number of amides is 1. The minimum absolute atomic E-state index is 0.0568. The quantitative estimate of drug-likeness (QED) is 0.642. The third-order valence-electron chi connectivity index (χ3n) is 4.18. The third kappa shape index (κ3) is 3.66. The topological polar surface area (TPSA) is 70.6 Å². The first-order chi connectivity index (χ1) is 10.5. The van der Waals surface area contributed by atoms with Gasteiger partial charge in [0.05, 0.1) is 18.6 Å². The van der Waals surface area contributed by atoms with Crippen molar-refractivity contribution < 1.29 is 14.6 Å². The highest BCUT2D eigenvalue weighted by molar-refractivity contribution is 6.05. The minimum Gasteiger partial charge on any atom is -0.394 e. The summed E-state index contributed by atoms with van der Waals surface area (Å²) in [7, 11) is 0. The Bertz CT molecular complexity index is 529. The molecule has 1 aliphatic rings. The van der Waals surface area contributed by atoms with Crippen LogP contribution in [-0.2, 0) is 14.9 Å². The fourth-order valence-corrected chi connectivity index (χ4v) is 2.64. The average molecular weight is 306 g/mol. The number of aliphatic hydroxyl groups excluding tert-OH is 1. The lowest BCUT2D eigenvalue weighted by Gasteiger charge is -2.19. The summed E-state index contributed by atoms with van der Waals surface area (Å²) >= 11 is 0. The largest absolute Gasteiger partial charge is 0.394 e. The van der Waals surface area contributed by atoms with Crippen molar-refractivity contribution in [2.75, 3.05) is 31.7 Å². The van der Waals surface area contributed by atoms with Crippen molar-refractivity contribution in [3.8, 4) is 0 Å². The maximum Gasteiger partial charge on any atom is 0.234 e. The van der Waals surface area contributed by atoms with E-state index in [1.807, 2.05) is 19.9 Å². The molecule has 1 aromatic carbocycles. The molecule has 122 valence electrons. The molecule has 0 saturated carbocycles. The van der Waals surface area contributed by atoms with Gasteiger partial charge in [-0.1, -0.05) is 12.1 Å². The number of hydrogen-bond donors (Lipinski definition) is 3. The molecule has 0 spiro atoms. The van der Waals surface area contributed by atoms with Gasteiger partial charge in [0, 0.05) is 18.3 Å². The first-order valence-corrected chi connectivity index (χ1v) is 7.84. The van der Waals surface area contributed by atoms with Crippen LogP contribution in [0.3, 0.4) is 0 Å². The van der Waals surface area contributed by atoms with Gasteiger partial charge in [-0.2, -0.15) is 0 Å². The van der Waals surface area contributed by atoms with E-state index in [-0.39, 0.29) is 18.6 Å². The van der Waals surface area contributed by atoms with Gasteiger partial charge < -0.3 is 20.5 Å². The molecular weight excluding hydrogens is 280 g/mol. The molecule has 1 heterocycles. The van der Waals surface area contributed by atoms with Crippen molar-refractivity contribution in [1.82, 2.24) is 5.32 Å². The van der Waals surface area contributed by atoms with E-state index in [1.54, 1.807) is 0 Å². The smallest absolute Gasteiger partial charge is 0.234 e. The second-order valence-corrected chi connectivity index (χ2v) is 6.25. The normalized spacial score (nSPS) is 17.2. The Kier molecular flexibility index (Phi) is 5.56. The molecule has 5 heteroatoms. The molecule has 0 saturated heterocycles. The van der Waals surface area contributed by atoms with Crippen LogP contribution in [0.15, 0.2) is 18.2 Å². The van der Waals surface area contributed by atoms with Crippen LogP contribution in [0, 0.1) is 0 Å². The lowest BCUT2D eigenvalue weighted by Crippen LogP contribution is -2.27. The van der Waals surface area contributed by atoms with E-state index >= 15 is 0 Å². The highest BCUT2D eigenvalue weighted by Crippen LogP contribution is 2.38. The minimum atomic E-state index is -0.469. The molecule has 5 nitrogen and oxygen atoms in total. The van der Waals surface area contributed by atoms with Gasteiger partial charge in [-0.25, -0.2) is 0 Å². The number of carbonyl (C=O) groups excluding carboxylic acids is 1. The molecule has 0 radical (unpaired) electrons. The Balaban J connectivity index is 1.91. The van der Waals surface area contributed by atoms with E-state index < -0.39 is 5.41 Å². The highest BCUT2D eigenvalue weighted by Gasteiger charge is 2.38. The average Bonchev–Trinajstić information content (AvgIpc) is 2.72. The predicted molar refractivity (Wildman–Crippen MR) is 87.0 cm³/mol. The van der Waals surface area contributed by atoms with Gasteiger partial charge in [-0.15, -0.1) is 0 Å². The monoisotopic (exact) mass is 306 g/mol. The van der Waals surface area contributed by atoms with Crippen LogP contribution in [-0.4, -0.2) is 37.4 Å². The zero-order chi connectivity index (χ0) is 16.2. The molecule has 0 bridgehead atoms. The van der Waals surface area contributed by atoms with E-state index in [9.17, 15) is 4.79 Å². The Morgan fingerprint density at radius 3 is 2.86 bits per heavy atom. The second-order valence-electron chi connectivity index (χ2n) is 6.25. The SMILES string of the molecule is CC(NCCCOCCO)c1ccc2c(c1)C(C)(C)C(=O)N2. The number of rotatable bonds is 8. The van der Waals surface area contributed by atoms with E-state index in [0.717, 1.165) is 24.2 Å². The Labute approximate surface area is 132 Å². The number of aliphatic hydroxyl groups is 1. The number of benzene rings is 1. The summed E-state index contributed by atoms with van der Waals surface area (Å²) < 4.78 is 5.23. The van der Waals surface area contributed by atoms with Gasteiger partial charge in [-0.3, -0.25) is 4.79 Å². The zero-order valence-electron chi connectivity index (χ0n) is 13.6.